The SMILES string of the molecule is CCOC(=O)c1c(C)noc1NC(=O)c1ccc(OC)cc1. The van der Waals surface area contributed by atoms with E-state index in [0.717, 1.165) is 0 Å². The fourth-order valence-electron chi connectivity index (χ4n) is 1.82. The van der Waals surface area contributed by atoms with Crippen LogP contribution in [-0.2, 0) is 4.74 Å². The number of amides is 1. The number of aromatic nitrogens is 1. The van der Waals surface area contributed by atoms with Crippen LogP contribution in [0.1, 0.15) is 33.3 Å². The molecule has 0 bridgehead atoms. The quantitative estimate of drug-likeness (QED) is 0.853. The molecular formula is C15H16N2O5. The summed E-state index contributed by atoms with van der Waals surface area (Å²) in [6, 6.07) is 6.52. The first-order valence-corrected chi connectivity index (χ1v) is 6.65. The first kappa shape index (κ1) is 15.6. The second-order valence-electron chi connectivity index (χ2n) is 4.38. The minimum Gasteiger partial charge on any atom is -0.497 e. The number of hydrogen-bond acceptors (Lipinski definition) is 6. The topological polar surface area (TPSA) is 90.7 Å². The molecule has 0 spiro atoms. The lowest BCUT2D eigenvalue weighted by molar-refractivity contribution is 0.0526. The maximum Gasteiger partial charge on any atom is 0.345 e. The van der Waals surface area contributed by atoms with E-state index < -0.39 is 11.9 Å². The van der Waals surface area contributed by atoms with Gasteiger partial charge in [-0.25, -0.2) is 4.79 Å². The zero-order valence-electron chi connectivity index (χ0n) is 12.5. The molecule has 1 amide bonds. The van der Waals surface area contributed by atoms with E-state index in [1.54, 1.807) is 38.1 Å². The van der Waals surface area contributed by atoms with E-state index >= 15 is 0 Å². The van der Waals surface area contributed by atoms with E-state index in [2.05, 4.69) is 10.5 Å². The molecule has 0 aliphatic heterocycles. The average Bonchev–Trinajstić information content (AvgIpc) is 2.88. The molecule has 0 fully saturated rings. The monoisotopic (exact) mass is 304 g/mol. The van der Waals surface area contributed by atoms with Crippen molar-refractivity contribution in [2.45, 2.75) is 13.8 Å². The molecule has 22 heavy (non-hydrogen) atoms. The van der Waals surface area contributed by atoms with Crippen molar-refractivity contribution in [3.63, 3.8) is 0 Å². The summed E-state index contributed by atoms with van der Waals surface area (Å²) in [6.45, 7) is 3.50. The van der Waals surface area contributed by atoms with Crippen molar-refractivity contribution in [2.75, 3.05) is 19.0 Å². The summed E-state index contributed by atoms with van der Waals surface area (Å²) in [5, 5.41) is 6.20. The van der Waals surface area contributed by atoms with Gasteiger partial charge in [-0.3, -0.25) is 10.1 Å². The number of benzene rings is 1. The predicted molar refractivity (Wildman–Crippen MR) is 78.1 cm³/mol. The van der Waals surface area contributed by atoms with Gasteiger partial charge in [0.2, 0.25) is 5.88 Å². The number of anilines is 1. The van der Waals surface area contributed by atoms with Crippen LogP contribution in [0.4, 0.5) is 5.88 Å². The van der Waals surface area contributed by atoms with E-state index in [-0.39, 0.29) is 18.1 Å². The summed E-state index contributed by atoms with van der Waals surface area (Å²) in [5.74, 6) is -0.410. The molecule has 2 aromatic rings. The Morgan fingerprint density at radius 3 is 2.55 bits per heavy atom. The molecule has 1 aromatic heterocycles. The fourth-order valence-corrected chi connectivity index (χ4v) is 1.82. The van der Waals surface area contributed by atoms with Gasteiger partial charge < -0.3 is 14.0 Å². The van der Waals surface area contributed by atoms with Crippen LogP contribution < -0.4 is 10.1 Å². The maximum atomic E-state index is 12.2. The van der Waals surface area contributed by atoms with Gasteiger partial charge in [0.25, 0.3) is 5.91 Å². The van der Waals surface area contributed by atoms with E-state index in [1.807, 2.05) is 0 Å². The molecule has 7 nitrogen and oxygen atoms in total. The second kappa shape index (κ2) is 6.75. The number of esters is 1. The minimum absolute atomic E-state index is 0.0308. The van der Waals surface area contributed by atoms with Gasteiger partial charge in [-0.1, -0.05) is 5.16 Å². The summed E-state index contributed by atoms with van der Waals surface area (Å²) < 4.78 is 14.9. The Hall–Kier alpha value is -2.83. The number of carbonyl (C=O) groups excluding carboxylic acids is 2. The van der Waals surface area contributed by atoms with Gasteiger partial charge in [0, 0.05) is 5.56 Å². The first-order chi connectivity index (χ1) is 10.6. The Labute approximate surface area is 127 Å². The Kier molecular flexibility index (Phi) is 4.77. The molecule has 0 unspecified atom stereocenters. The lowest BCUT2D eigenvalue weighted by Crippen LogP contribution is -2.15. The van der Waals surface area contributed by atoms with Crippen molar-refractivity contribution in [1.82, 2.24) is 5.16 Å². The highest BCUT2D eigenvalue weighted by molar-refractivity contribution is 6.07. The smallest absolute Gasteiger partial charge is 0.345 e. The number of aryl methyl sites for hydroxylation is 1. The molecule has 0 aliphatic rings. The zero-order valence-corrected chi connectivity index (χ0v) is 12.5. The van der Waals surface area contributed by atoms with E-state index in [9.17, 15) is 9.59 Å². The van der Waals surface area contributed by atoms with Crippen molar-refractivity contribution in [3.05, 3.63) is 41.1 Å². The largest absolute Gasteiger partial charge is 0.497 e. The Bertz CT molecular complexity index is 676. The average molecular weight is 304 g/mol. The van der Waals surface area contributed by atoms with Crippen LogP contribution in [0, 0.1) is 6.92 Å². The predicted octanol–water partition coefficient (Wildman–Crippen LogP) is 2.42. The van der Waals surface area contributed by atoms with Crippen LogP contribution in [0.15, 0.2) is 28.8 Å². The van der Waals surface area contributed by atoms with Crippen LogP contribution in [0.5, 0.6) is 5.75 Å². The minimum atomic E-state index is -0.591. The Morgan fingerprint density at radius 2 is 1.95 bits per heavy atom. The summed E-state index contributed by atoms with van der Waals surface area (Å²) in [5.41, 5.74) is 0.858. The normalized spacial score (nSPS) is 10.1. The van der Waals surface area contributed by atoms with Gasteiger partial charge in [0.15, 0.2) is 0 Å². The van der Waals surface area contributed by atoms with Gasteiger partial charge in [0.05, 0.1) is 19.4 Å². The Balaban J connectivity index is 2.19. The highest BCUT2D eigenvalue weighted by Crippen LogP contribution is 2.21. The lowest BCUT2D eigenvalue weighted by atomic mass is 10.2. The van der Waals surface area contributed by atoms with E-state index in [0.29, 0.717) is 17.0 Å². The van der Waals surface area contributed by atoms with E-state index in [4.69, 9.17) is 14.0 Å². The molecule has 0 saturated carbocycles. The molecule has 7 heteroatoms. The van der Waals surface area contributed by atoms with Gasteiger partial charge in [-0.05, 0) is 38.1 Å². The summed E-state index contributed by atoms with van der Waals surface area (Å²) in [6.07, 6.45) is 0. The van der Waals surface area contributed by atoms with Gasteiger partial charge in [0.1, 0.15) is 11.3 Å². The van der Waals surface area contributed by atoms with Crippen molar-refractivity contribution < 1.29 is 23.6 Å². The molecule has 1 heterocycles. The van der Waals surface area contributed by atoms with Gasteiger partial charge >= 0.3 is 5.97 Å². The third-order valence-corrected chi connectivity index (χ3v) is 2.92. The third-order valence-electron chi connectivity index (χ3n) is 2.92. The zero-order chi connectivity index (χ0) is 16.1. The standard InChI is InChI=1S/C15H16N2O5/c1-4-21-15(19)12-9(2)17-22-14(12)16-13(18)10-5-7-11(20-3)8-6-10/h5-8H,4H2,1-3H3,(H,16,18). The van der Waals surface area contributed by atoms with Crippen LogP contribution in [0.2, 0.25) is 0 Å². The molecular weight excluding hydrogens is 288 g/mol. The van der Waals surface area contributed by atoms with Crippen molar-refractivity contribution in [3.8, 4) is 5.75 Å². The number of nitrogens with zero attached hydrogens (tertiary/aromatic N) is 1. The fraction of sp³-hybridized carbons (Fsp3) is 0.267. The first-order valence-electron chi connectivity index (χ1n) is 6.65. The van der Waals surface area contributed by atoms with Crippen LogP contribution in [0.25, 0.3) is 0 Å². The molecule has 2 rings (SSSR count). The highest BCUT2D eigenvalue weighted by atomic mass is 16.5. The molecule has 0 atom stereocenters. The molecule has 0 saturated heterocycles. The molecule has 1 aromatic carbocycles. The molecule has 0 radical (unpaired) electrons. The van der Waals surface area contributed by atoms with Crippen molar-refractivity contribution in [1.29, 1.82) is 0 Å². The summed E-state index contributed by atoms with van der Waals surface area (Å²) in [4.78, 5) is 24.0. The lowest BCUT2D eigenvalue weighted by Gasteiger charge is -2.05. The number of carbonyl (C=O) groups is 2. The summed E-state index contributed by atoms with van der Waals surface area (Å²) >= 11 is 0. The van der Waals surface area contributed by atoms with Crippen LogP contribution >= 0.6 is 0 Å². The second-order valence-corrected chi connectivity index (χ2v) is 4.38. The number of nitrogens with one attached hydrogen (secondary N) is 1. The van der Waals surface area contributed by atoms with Crippen molar-refractivity contribution in [2.24, 2.45) is 0 Å². The number of rotatable bonds is 5. The summed E-state index contributed by atoms with van der Waals surface area (Å²) in [7, 11) is 1.54. The molecule has 1 N–H and O–H groups in total. The number of hydrogen-bond donors (Lipinski definition) is 1. The van der Waals surface area contributed by atoms with E-state index in [1.165, 1.54) is 7.11 Å². The maximum absolute atomic E-state index is 12.2. The van der Waals surface area contributed by atoms with Gasteiger partial charge in [-0.2, -0.15) is 0 Å². The van der Waals surface area contributed by atoms with Gasteiger partial charge in [-0.15, -0.1) is 0 Å². The van der Waals surface area contributed by atoms with Crippen LogP contribution in [-0.4, -0.2) is 30.7 Å². The van der Waals surface area contributed by atoms with Crippen LogP contribution in [0.3, 0.4) is 0 Å². The number of ether oxygens (including phenoxy) is 2. The highest BCUT2D eigenvalue weighted by Gasteiger charge is 2.23. The number of methoxy groups -OCH3 is 1. The Morgan fingerprint density at radius 1 is 1.27 bits per heavy atom. The molecule has 116 valence electrons. The van der Waals surface area contributed by atoms with Crippen molar-refractivity contribution >= 4 is 17.8 Å². The third kappa shape index (κ3) is 3.25. The molecule has 0 aliphatic carbocycles.